The fraction of sp³-hybridized carbons (Fsp3) is 0.500. The first-order valence-corrected chi connectivity index (χ1v) is 10.6. The van der Waals surface area contributed by atoms with E-state index >= 15 is 0 Å². The fourth-order valence-electron chi connectivity index (χ4n) is 2.67. The molecule has 1 heterocycles. The maximum absolute atomic E-state index is 11.4. The van der Waals surface area contributed by atoms with Gasteiger partial charge in [-0.25, -0.2) is 0 Å². The summed E-state index contributed by atoms with van der Waals surface area (Å²) in [5.74, 6) is -2.95. The molecular weight excluding hydrogens is 511 g/mol. The molecule has 177 valence electrons. The molecule has 1 fully saturated rings. The monoisotopic (exact) mass is 537 g/mol. The number of benzene rings is 1. The van der Waals surface area contributed by atoms with Crippen molar-refractivity contribution in [3.05, 3.63) is 30.3 Å². The predicted molar refractivity (Wildman–Crippen MR) is 113 cm³/mol. The van der Waals surface area contributed by atoms with E-state index < -0.39 is 59.6 Å². The quantitative estimate of drug-likeness (QED) is 0.238. The number of carbonyl (C=O) groups is 4. The third-order valence-electron chi connectivity index (χ3n) is 3.77. The van der Waals surface area contributed by atoms with Crippen molar-refractivity contribution in [3.8, 4) is 0 Å². The molecule has 0 bridgehead atoms. The number of esters is 4. The van der Waals surface area contributed by atoms with Gasteiger partial charge < -0.3 is 0 Å². The maximum atomic E-state index is 11.4. The fourth-order valence-corrected chi connectivity index (χ4v) is 3.49. The summed E-state index contributed by atoms with van der Waals surface area (Å²) in [4.78, 5) is 46.2. The predicted octanol–water partition coefficient (Wildman–Crippen LogP) is 0.533. The molecule has 1 aromatic carbocycles. The molecule has 0 unspecified atom stereocenters. The molecule has 0 saturated carbocycles. The third-order valence-corrected chi connectivity index (χ3v) is 4.76. The summed E-state index contributed by atoms with van der Waals surface area (Å²) in [6.45, 7) is 4.02. The van der Waals surface area contributed by atoms with Crippen molar-refractivity contribution < 1.29 is 48.0 Å². The van der Waals surface area contributed by atoms with Gasteiger partial charge in [0.25, 0.3) is 0 Å². The van der Waals surface area contributed by atoms with Gasteiger partial charge in [0.15, 0.2) is 0 Å². The second-order valence-electron chi connectivity index (χ2n) is 6.60. The van der Waals surface area contributed by atoms with Crippen molar-refractivity contribution in [1.29, 1.82) is 0 Å². The SMILES string of the molecule is CC(=O)OC[C@H]1O[C@](O)([Se])[C@H](OC(C)=O)[C@@H](OC(C)=O)[C@H]1OC(C)=O.Sc1ccccc1. The molecule has 1 aliphatic heterocycles. The molecule has 1 radical (unpaired) electrons. The smallest absolute Gasteiger partial charge is 0.00399 e. The van der Waals surface area contributed by atoms with Crippen molar-refractivity contribution in [3.63, 3.8) is 0 Å². The molecule has 12 heteroatoms. The molecule has 0 aromatic heterocycles. The molecule has 0 spiro atoms. The van der Waals surface area contributed by atoms with Gasteiger partial charge in [-0.2, -0.15) is 0 Å². The third kappa shape index (κ3) is 9.58. The summed E-state index contributed by atoms with van der Waals surface area (Å²) in [5.41, 5.74) is 0. The molecule has 32 heavy (non-hydrogen) atoms. The van der Waals surface area contributed by atoms with Crippen molar-refractivity contribution in [1.82, 2.24) is 0 Å². The molecule has 10 nitrogen and oxygen atoms in total. The van der Waals surface area contributed by atoms with Crippen LogP contribution in [0, 0.1) is 0 Å². The first-order chi connectivity index (χ1) is 14.8. The summed E-state index contributed by atoms with van der Waals surface area (Å²) < 4.78 is 23.1. The van der Waals surface area contributed by atoms with Crippen molar-refractivity contribution in [2.75, 3.05) is 6.61 Å². The Balaban J connectivity index is 0.000000616. The molecule has 1 saturated heterocycles. The minimum absolute atomic E-state index is 0.401. The zero-order valence-corrected chi connectivity index (χ0v) is 20.5. The van der Waals surface area contributed by atoms with Gasteiger partial charge in [0.1, 0.15) is 0 Å². The van der Waals surface area contributed by atoms with Crippen molar-refractivity contribution in [2.24, 2.45) is 0 Å². The van der Waals surface area contributed by atoms with Crippen LogP contribution in [0.4, 0.5) is 0 Å². The van der Waals surface area contributed by atoms with Crippen LogP contribution >= 0.6 is 12.6 Å². The second-order valence-corrected chi connectivity index (χ2v) is 8.35. The van der Waals surface area contributed by atoms with Gasteiger partial charge in [0, 0.05) is 4.90 Å². The Hall–Kier alpha value is -2.11. The van der Waals surface area contributed by atoms with Crippen molar-refractivity contribution in [2.45, 2.75) is 61.7 Å². The van der Waals surface area contributed by atoms with E-state index in [-0.39, 0.29) is 0 Å². The van der Waals surface area contributed by atoms with E-state index in [1.165, 1.54) is 0 Å². The number of thiol groups is 1. The number of hydrogen-bond acceptors (Lipinski definition) is 11. The largest absolute Gasteiger partial charge is 0.143 e. The molecule has 1 aromatic rings. The minimum atomic E-state index is -2.22. The molecule has 1 N–H and O–H groups in total. The van der Waals surface area contributed by atoms with Crippen LogP contribution in [-0.4, -0.2) is 80.7 Å². The van der Waals surface area contributed by atoms with Gasteiger partial charge in [-0.1, -0.05) is 18.2 Å². The van der Waals surface area contributed by atoms with Crippen LogP contribution in [0.25, 0.3) is 0 Å². The second kappa shape index (κ2) is 12.8. The van der Waals surface area contributed by atoms with Gasteiger partial charge in [-0.15, -0.1) is 12.6 Å². The Morgan fingerprint density at radius 2 is 1.44 bits per heavy atom. The van der Waals surface area contributed by atoms with Crippen LogP contribution in [0.2, 0.25) is 0 Å². The maximum Gasteiger partial charge on any atom is 0.00399 e. The average Bonchev–Trinajstić information content (AvgIpc) is 2.65. The molecule has 5 atom stereocenters. The number of aliphatic hydroxyl groups is 1. The van der Waals surface area contributed by atoms with E-state index in [0.717, 1.165) is 32.6 Å². The van der Waals surface area contributed by atoms with E-state index in [1.54, 1.807) is 0 Å². The summed E-state index contributed by atoms with van der Waals surface area (Å²) in [7, 11) is 0. The van der Waals surface area contributed by atoms with Gasteiger partial charge >= 0.3 is 151 Å². The average molecular weight is 536 g/mol. The molecular formula is C20H25O10SSe. The standard InChI is InChI=1S/C14H19O10Se.C6H6S/c1-6(15)20-5-10-11(21-7(2)16)12(22-8(3)17)13(23-9(4)18)14(19,25)24-10;7-6-4-2-1-3-5-6/h10-13,19H,5H2,1-4H3;1-5,7H/t10-,11+,12+,13-,14+;/m1./s1. The molecule has 0 amide bonds. The minimum Gasteiger partial charge on any atom is -0.143 e. The van der Waals surface area contributed by atoms with E-state index in [0.29, 0.717) is 0 Å². The Bertz CT molecular complexity index is 801. The first kappa shape index (κ1) is 27.9. The number of carbonyl (C=O) groups excluding carboxylic acids is 4. The zero-order valence-electron chi connectivity index (χ0n) is 17.9. The van der Waals surface area contributed by atoms with Crippen LogP contribution in [-0.2, 0) is 42.9 Å². The van der Waals surface area contributed by atoms with E-state index in [2.05, 4.69) is 28.6 Å². The van der Waals surface area contributed by atoms with Gasteiger partial charge in [0.2, 0.25) is 0 Å². The molecule has 2 rings (SSSR count). The normalized spacial score (nSPS) is 26.6. The number of hydrogen-bond donors (Lipinski definition) is 2. The van der Waals surface area contributed by atoms with E-state index in [9.17, 15) is 24.3 Å². The Morgan fingerprint density at radius 1 is 0.938 bits per heavy atom. The van der Waals surface area contributed by atoms with Crippen molar-refractivity contribution >= 4 is 52.5 Å². The van der Waals surface area contributed by atoms with Gasteiger partial charge in [0.05, 0.1) is 0 Å². The molecule has 1 aliphatic rings. The molecule has 0 aliphatic carbocycles. The van der Waals surface area contributed by atoms with Crippen LogP contribution in [0.1, 0.15) is 27.7 Å². The van der Waals surface area contributed by atoms with E-state index in [4.69, 9.17) is 23.7 Å². The summed E-state index contributed by atoms with van der Waals surface area (Å²) in [6, 6.07) is 9.79. The van der Waals surface area contributed by atoms with E-state index in [1.807, 2.05) is 30.3 Å². The Morgan fingerprint density at radius 3 is 1.84 bits per heavy atom. The summed E-state index contributed by atoms with van der Waals surface area (Å²) in [6.07, 6.45) is -5.40. The first-order valence-electron chi connectivity index (χ1n) is 9.33. The van der Waals surface area contributed by atoms with Crippen LogP contribution in [0.5, 0.6) is 0 Å². The van der Waals surface area contributed by atoms with Crippen LogP contribution in [0.15, 0.2) is 35.2 Å². The van der Waals surface area contributed by atoms with Gasteiger partial charge in [-0.05, 0) is 12.1 Å². The summed E-state index contributed by atoms with van der Waals surface area (Å²) in [5, 5.41) is 10.4. The van der Waals surface area contributed by atoms with Crippen LogP contribution in [0.3, 0.4) is 0 Å². The summed E-state index contributed by atoms with van der Waals surface area (Å²) >= 11 is 6.37. The van der Waals surface area contributed by atoms with Crippen LogP contribution < -0.4 is 0 Å². The number of rotatable bonds is 5. The topological polar surface area (TPSA) is 135 Å². The number of ether oxygens (including phenoxy) is 5. The van der Waals surface area contributed by atoms with Gasteiger partial charge in [-0.3, -0.25) is 0 Å². The Labute approximate surface area is 199 Å². The Kier molecular flexibility index (Phi) is 11.2. The zero-order chi connectivity index (χ0) is 24.5.